The fourth-order valence-corrected chi connectivity index (χ4v) is 11.0. The highest BCUT2D eigenvalue weighted by Crippen LogP contribution is 2.38. The van der Waals surface area contributed by atoms with E-state index in [1.54, 1.807) is 6.08 Å². The maximum atomic E-state index is 13.0. The molecule has 3 atom stereocenters. The van der Waals surface area contributed by atoms with Crippen molar-refractivity contribution < 1.29 is 32.9 Å². The molecule has 0 radical (unpaired) electrons. The predicted molar refractivity (Wildman–Crippen MR) is 325 cm³/mol. The molecule has 0 aromatic carbocycles. The van der Waals surface area contributed by atoms with Gasteiger partial charge >= 0.3 is 0 Å². The zero-order valence-electron chi connectivity index (χ0n) is 51.0. The van der Waals surface area contributed by atoms with Gasteiger partial charge in [0.25, 0.3) is 7.82 Å². The standard InChI is InChI=1S/C66H131N2O6P/c1-6-8-10-12-14-16-18-20-22-24-26-28-30-32-34-36-38-40-42-44-46-48-50-52-54-56-58-60-66(70)67-64(63-74-75(71,72)73-62-61-68(3,4)5)65(69)59-57-55-53-51-49-47-45-43-41-39-37-35-33-31-29-27-25-23-21-19-17-15-13-11-9-7-2/h49,51,57,59,64-65,69H,6-48,50,52-56,58,60-63H2,1-5H3,(H-,67,70,71,72)/b51-49+,59-57+. The summed E-state index contributed by atoms with van der Waals surface area (Å²) in [5.41, 5.74) is 0. The molecule has 0 heterocycles. The molecular weight excluding hydrogens is 948 g/mol. The highest BCUT2D eigenvalue weighted by Gasteiger charge is 2.23. The van der Waals surface area contributed by atoms with E-state index < -0.39 is 20.0 Å². The summed E-state index contributed by atoms with van der Waals surface area (Å²) >= 11 is 0. The number of aliphatic hydroxyl groups excluding tert-OH is 1. The van der Waals surface area contributed by atoms with Gasteiger partial charge in [0.05, 0.1) is 39.9 Å². The molecule has 0 aliphatic heterocycles. The van der Waals surface area contributed by atoms with Crippen molar-refractivity contribution in [3.63, 3.8) is 0 Å². The van der Waals surface area contributed by atoms with Crippen molar-refractivity contribution in [3.8, 4) is 0 Å². The van der Waals surface area contributed by atoms with E-state index in [0.29, 0.717) is 17.4 Å². The van der Waals surface area contributed by atoms with Crippen molar-refractivity contribution in [1.82, 2.24) is 5.32 Å². The van der Waals surface area contributed by atoms with Gasteiger partial charge < -0.3 is 28.8 Å². The summed E-state index contributed by atoms with van der Waals surface area (Å²) in [6.07, 6.45) is 74.4. The molecular formula is C66H131N2O6P. The third-order valence-electron chi connectivity index (χ3n) is 15.4. The second-order valence-electron chi connectivity index (χ2n) is 24.2. The number of carbonyl (C=O) groups excluding carboxylic acids is 1. The zero-order valence-corrected chi connectivity index (χ0v) is 51.9. The number of nitrogens with zero attached hydrogens (tertiary/aromatic N) is 1. The van der Waals surface area contributed by atoms with Crippen LogP contribution in [0.15, 0.2) is 24.3 Å². The van der Waals surface area contributed by atoms with Crippen LogP contribution in [0.4, 0.5) is 0 Å². The molecule has 0 aliphatic carbocycles. The first-order valence-electron chi connectivity index (χ1n) is 33.2. The SMILES string of the molecule is CCCCCCCCCCCCCCCCCCCCCC/C=C/CC/C=C/C(O)C(COP(=O)([O-])OCC[N+](C)(C)C)NC(=O)CCCCCCCCCCCCCCCCCCCCCCCCCCCCC. The van der Waals surface area contributed by atoms with Gasteiger partial charge in [-0.1, -0.05) is 327 Å². The topological polar surface area (TPSA) is 108 Å². The van der Waals surface area contributed by atoms with Gasteiger partial charge in [0.15, 0.2) is 0 Å². The quantitative estimate of drug-likeness (QED) is 0.0272. The Bertz CT molecular complexity index is 1270. The van der Waals surface area contributed by atoms with Crippen molar-refractivity contribution >= 4 is 13.7 Å². The minimum atomic E-state index is -4.61. The Kier molecular flexibility index (Phi) is 56.9. The molecule has 0 saturated heterocycles. The highest BCUT2D eigenvalue weighted by molar-refractivity contribution is 7.45. The maximum Gasteiger partial charge on any atom is 0.268 e. The van der Waals surface area contributed by atoms with Crippen LogP contribution in [-0.2, 0) is 18.4 Å². The minimum absolute atomic E-state index is 0.00347. The molecule has 8 nitrogen and oxygen atoms in total. The number of hydrogen-bond donors (Lipinski definition) is 2. The molecule has 0 bridgehead atoms. The van der Waals surface area contributed by atoms with Crippen molar-refractivity contribution in [2.45, 2.75) is 353 Å². The maximum absolute atomic E-state index is 13.0. The largest absolute Gasteiger partial charge is 0.756 e. The lowest BCUT2D eigenvalue weighted by Gasteiger charge is -2.29. The number of phosphoric ester groups is 1. The minimum Gasteiger partial charge on any atom is -0.756 e. The summed E-state index contributed by atoms with van der Waals surface area (Å²) < 4.78 is 23.4. The number of carbonyl (C=O) groups is 1. The smallest absolute Gasteiger partial charge is 0.268 e. The molecule has 0 spiro atoms. The highest BCUT2D eigenvalue weighted by atomic mass is 31.2. The number of quaternary nitrogens is 1. The molecule has 0 aromatic rings. The Labute approximate surface area is 468 Å². The van der Waals surface area contributed by atoms with E-state index in [4.69, 9.17) is 9.05 Å². The van der Waals surface area contributed by atoms with Crippen LogP contribution >= 0.6 is 7.82 Å². The first-order valence-corrected chi connectivity index (χ1v) is 34.7. The van der Waals surface area contributed by atoms with E-state index in [0.717, 1.165) is 38.5 Å². The van der Waals surface area contributed by atoms with Crippen LogP contribution in [0.2, 0.25) is 0 Å². The van der Waals surface area contributed by atoms with E-state index in [9.17, 15) is 19.4 Å². The lowest BCUT2D eigenvalue weighted by atomic mass is 10.0. The van der Waals surface area contributed by atoms with E-state index in [1.807, 2.05) is 27.2 Å². The summed E-state index contributed by atoms with van der Waals surface area (Å²) in [6, 6.07) is -0.901. The Hall–Kier alpha value is -1.02. The summed E-state index contributed by atoms with van der Waals surface area (Å²) in [4.78, 5) is 25.6. The fraction of sp³-hybridized carbons (Fsp3) is 0.924. The van der Waals surface area contributed by atoms with Gasteiger partial charge in [-0.05, 0) is 32.1 Å². The molecule has 3 unspecified atom stereocenters. The van der Waals surface area contributed by atoms with Gasteiger partial charge in [-0.2, -0.15) is 0 Å². The lowest BCUT2D eigenvalue weighted by molar-refractivity contribution is -0.870. The van der Waals surface area contributed by atoms with Gasteiger partial charge in [0.1, 0.15) is 13.2 Å². The van der Waals surface area contributed by atoms with Gasteiger partial charge in [0, 0.05) is 6.42 Å². The normalized spacial score (nSPS) is 13.9. The molecule has 75 heavy (non-hydrogen) atoms. The first-order chi connectivity index (χ1) is 36.5. The number of likely N-dealkylation sites (N-methyl/N-ethyl adjacent to an activating group) is 1. The monoisotopic (exact) mass is 1080 g/mol. The van der Waals surface area contributed by atoms with Crippen LogP contribution in [0.3, 0.4) is 0 Å². The number of phosphoric acid groups is 1. The van der Waals surface area contributed by atoms with Crippen LogP contribution in [-0.4, -0.2) is 68.5 Å². The summed E-state index contributed by atoms with van der Waals surface area (Å²) in [6.45, 7) is 4.69. The van der Waals surface area contributed by atoms with Crippen LogP contribution in [0.25, 0.3) is 0 Å². The molecule has 1 amide bonds. The number of unbranched alkanes of at least 4 members (excludes halogenated alkanes) is 47. The molecule has 0 aliphatic rings. The zero-order chi connectivity index (χ0) is 54.9. The molecule has 9 heteroatoms. The predicted octanol–water partition coefficient (Wildman–Crippen LogP) is 20.1. The van der Waals surface area contributed by atoms with E-state index in [1.165, 1.54) is 283 Å². The summed E-state index contributed by atoms with van der Waals surface area (Å²) in [5, 5.41) is 13.9. The van der Waals surface area contributed by atoms with Crippen molar-refractivity contribution in [2.24, 2.45) is 0 Å². The van der Waals surface area contributed by atoms with Crippen molar-refractivity contribution in [3.05, 3.63) is 24.3 Å². The molecule has 0 rings (SSSR count). The van der Waals surface area contributed by atoms with Crippen LogP contribution in [0, 0.1) is 0 Å². The molecule has 446 valence electrons. The average Bonchev–Trinajstić information content (AvgIpc) is 3.37. The Morgan fingerprint density at radius 2 is 0.747 bits per heavy atom. The molecule has 0 fully saturated rings. The fourth-order valence-electron chi connectivity index (χ4n) is 10.2. The van der Waals surface area contributed by atoms with Gasteiger partial charge in [-0.25, -0.2) is 0 Å². The third-order valence-corrected chi connectivity index (χ3v) is 16.4. The number of amides is 1. The summed E-state index contributed by atoms with van der Waals surface area (Å²) in [5.74, 6) is -0.199. The van der Waals surface area contributed by atoms with Crippen LogP contribution < -0.4 is 10.2 Å². The Morgan fingerprint density at radius 3 is 1.08 bits per heavy atom. The molecule has 2 N–H and O–H groups in total. The van der Waals surface area contributed by atoms with E-state index >= 15 is 0 Å². The second-order valence-corrected chi connectivity index (χ2v) is 25.6. The van der Waals surface area contributed by atoms with Crippen molar-refractivity contribution in [2.75, 3.05) is 40.9 Å². The molecule has 0 saturated carbocycles. The Morgan fingerprint density at radius 1 is 0.453 bits per heavy atom. The van der Waals surface area contributed by atoms with Gasteiger partial charge in [-0.3, -0.25) is 9.36 Å². The van der Waals surface area contributed by atoms with Crippen LogP contribution in [0.5, 0.6) is 0 Å². The Balaban J connectivity index is 4.11. The average molecular weight is 1080 g/mol. The third kappa shape index (κ3) is 60.5. The molecule has 0 aromatic heterocycles. The number of allylic oxidation sites excluding steroid dienone is 3. The lowest BCUT2D eigenvalue weighted by Crippen LogP contribution is -2.45. The van der Waals surface area contributed by atoms with E-state index in [2.05, 4.69) is 31.3 Å². The first kappa shape index (κ1) is 74.0. The van der Waals surface area contributed by atoms with Crippen LogP contribution in [0.1, 0.15) is 341 Å². The van der Waals surface area contributed by atoms with Gasteiger partial charge in [0.2, 0.25) is 5.91 Å². The second kappa shape index (κ2) is 57.7. The summed E-state index contributed by atoms with van der Waals surface area (Å²) in [7, 11) is 1.26. The number of rotatable bonds is 62. The van der Waals surface area contributed by atoms with E-state index in [-0.39, 0.29) is 19.1 Å². The van der Waals surface area contributed by atoms with Gasteiger partial charge in [-0.15, -0.1) is 0 Å². The van der Waals surface area contributed by atoms with Crippen molar-refractivity contribution in [1.29, 1.82) is 0 Å². The number of hydrogen-bond acceptors (Lipinski definition) is 6. The number of aliphatic hydroxyl groups is 1. The number of nitrogens with one attached hydrogen (secondary N) is 1.